The number of halogens is 2. The summed E-state index contributed by atoms with van der Waals surface area (Å²) in [6, 6.07) is 16.5. The molecule has 3 amide bonds. The van der Waals surface area contributed by atoms with Crippen LogP contribution in [-0.2, 0) is 20.9 Å². The summed E-state index contributed by atoms with van der Waals surface area (Å²) in [7, 11) is 1.42. The summed E-state index contributed by atoms with van der Waals surface area (Å²) < 4.78 is 16.3. The predicted molar refractivity (Wildman–Crippen MR) is 162 cm³/mol. The maximum absolute atomic E-state index is 13.0. The van der Waals surface area contributed by atoms with Gasteiger partial charge in [-0.05, 0) is 66.7 Å². The number of carbonyl (C=O) groups excluding carboxylic acids is 4. The van der Waals surface area contributed by atoms with E-state index in [1.54, 1.807) is 37.3 Å². The van der Waals surface area contributed by atoms with Crippen LogP contribution < -0.4 is 14.8 Å². The van der Waals surface area contributed by atoms with Crippen LogP contribution in [0.25, 0.3) is 6.08 Å². The Bertz CT molecular complexity index is 1690. The SMILES string of the molecule is CCOC(=O)c1cc(NC(=O)CN2C(=O)S/C(=C\c3cc(Cl)c(OCc4ccccc4C#N)c(OC)c3)C2=O)ccc1Cl. The molecule has 10 nitrogen and oxygen atoms in total. The minimum atomic E-state index is -0.669. The number of ether oxygens (including phenoxy) is 3. The second kappa shape index (κ2) is 14.1. The fraction of sp³-hybridized carbons (Fsp3) is 0.167. The molecule has 220 valence electrons. The molecule has 3 aromatic carbocycles. The first-order valence-corrected chi connectivity index (χ1v) is 14.2. The maximum atomic E-state index is 13.0. The number of hydrogen-bond donors (Lipinski definition) is 1. The smallest absolute Gasteiger partial charge is 0.339 e. The van der Waals surface area contributed by atoms with Gasteiger partial charge in [-0.25, -0.2) is 4.79 Å². The van der Waals surface area contributed by atoms with Crippen LogP contribution in [0.2, 0.25) is 10.0 Å². The summed E-state index contributed by atoms with van der Waals surface area (Å²) in [6.45, 7) is 1.31. The van der Waals surface area contributed by atoms with Crippen LogP contribution in [0.1, 0.15) is 34.0 Å². The van der Waals surface area contributed by atoms with E-state index < -0.39 is 29.6 Å². The number of hydrogen-bond acceptors (Lipinski definition) is 9. The van der Waals surface area contributed by atoms with Crippen molar-refractivity contribution >= 4 is 69.8 Å². The maximum Gasteiger partial charge on any atom is 0.339 e. The Labute approximate surface area is 261 Å². The van der Waals surface area contributed by atoms with Gasteiger partial charge in [0.05, 0.1) is 45.9 Å². The highest BCUT2D eigenvalue weighted by Crippen LogP contribution is 2.39. The number of thioether (sulfide) groups is 1. The summed E-state index contributed by atoms with van der Waals surface area (Å²) in [5.74, 6) is -1.47. The molecule has 1 heterocycles. The van der Waals surface area contributed by atoms with Gasteiger partial charge in [-0.1, -0.05) is 41.4 Å². The molecule has 0 aliphatic carbocycles. The Morgan fingerprint density at radius 3 is 2.58 bits per heavy atom. The Hall–Kier alpha value is -4.50. The van der Waals surface area contributed by atoms with Gasteiger partial charge in [-0.2, -0.15) is 5.26 Å². The normalized spacial score (nSPS) is 13.6. The zero-order chi connectivity index (χ0) is 31.1. The highest BCUT2D eigenvalue weighted by Gasteiger charge is 2.36. The first-order chi connectivity index (χ1) is 20.6. The molecule has 1 fully saturated rings. The number of rotatable bonds is 10. The first-order valence-electron chi connectivity index (χ1n) is 12.6. The molecule has 43 heavy (non-hydrogen) atoms. The van der Waals surface area contributed by atoms with Gasteiger partial charge in [0.1, 0.15) is 13.2 Å². The first kappa shape index (κ1) is 31.4. The summed E-state index contributed by atoms with van der Waals surface area (Å²) in [5, 5.41) is 11.6. The molecule has 13 heteroatoms. The van der Waals surface area contributed by atoms with Gasteiger partial charge in [0.15, 0.2) is 11.5 Å². The van der Waals surface area contributed by atoms with E-state index in [2.05, 4.69) is 11.4 Å². The lowest BCUT2D eigenvalue weighted by atomic mass is 10.1. The van der Waals surface area contributed by atoms with Gasteiger partial charge in [0.2, 0.25) is 5.91 Å². The molecule has 0 radical (unpaired) electrons. The quantitative estimate of drug-likeness (QED) is 0.200. The number of carbonyl (C=O) groups is 4. The lowest BCUT2D eigenvalue weighted by molar-refractivity contribution is -0.127. The third-order valence-corrected chi connectivity index (χ3v) is 7.50. The van der Waals surface area contributed by atoms with Gasteiger partial charge in [0, 0.05) is 11.3 Å². The number of amides is 3. The number of anilines is 1. The van der Waals surface area contributed by atoms with Gasteiger partial charge in [0.25, 0.3) is 11.1 Å². The van der Waals surface area contributed by atoms with E-state index in [9.17, 15) is 24.4 Å². The van der Waals surface area contributed by atoms with E-state index >= 15 is 0 Å². The zero-order valence-corrected chi connectivity index (χ0v) is 25.1. The Morgan fingerprint density at radius 2 is 1.86 bits per heavy atom. The summed E-state index contributed by atoms with van der Waals surface area (Å²) in [5.41, 5.74) is 1.89. The molecule has 4 rings (SSSR count). The van der Waals surface area contributed by atoms with Crippen molar-refractivity contribution in [1.82, 2.24) is 4.90 Å². The molecule has 0 saturated carbocycles. The molecule has 1 N–H and O–H groups in total. The predicted octanol–water partition coefficient (Wildman–Crippen LogP) is 6.30. The molecule has 1 aliphatic rings. The lowest BCUT2D eigenvalue weighted by Gasteiger charge is -2.14. The number of nitrogens with zero attached hydrogens (tertiary/aromatic N) is 2. The largest absolute Gasteiger partial charge is 0.493 e. The summed E-state index contributed by atoms with van der Waals surface area (Å²) >= 11 is 13.2. The number of esters is 1. The van der Waals surface area contributed by atoms with E-state index in [0.717, 1.165) is 4.90 Å². The standard InChI is InChI=1S/C30H23Cl2N3O7S/c1-3-41-29(38)21-13-20(8-9-22(21)31)34-26(36)15-35-28(37)25(43-30(35)39)12-17-10-23(32)27(24(11-17)40-2)42-16-19-7-5-4-6-18(19)14-33/h4-13H,3,15-16H2,1-2H3,(H,34,36)/b25-12-. The van der Waals surface area contributed by atoms with E-state index in [4.69, 9.17) is 37.4 Å². The minimum absolute atomic E-state index is 0.0629. The minimum Gasteiger partial charge on any atom is -0.493 e. The van der Waals surface area contributed by atoms with E-state index in [1.165, 1.54) is 37.5 Å². The topological polar surface area (TPSA) is 135 Å². The van der Waals surface area contributed by atoms with Crippen molar-refractivity contribution in [3.8, 4) is 17.6 Å². The Balaban J connectivity index is 1.46. The van der Waals surface area contributed by atoms with Gasteiger partial charge in [-0.3, -0.25) is 19.3 Å². The van der Waals surface area contributed by atoms with Gasteiger partial charge >= 0.3 is 5.97 Å². The molecule has 1 aliphatic heterocycles. The average molecular weight is 641 g/mol. The molecule has 0 unspecified atom stereocenters. The second-order valence-corrected chi connectivity index (χ2v) is 10.6. The van der Waals surface area contributed by atoms with Crippen molar-refractivity contribution in [2.24, 2.45) is 0 Å². The molecule has 0 spiro atoms. The van der Waals surface area contributed by atoms with Crippen LogP contribution >= 0.6 is 35.0 Å². The molecule has 0 aromatic heterocycles. The van der Waals surface area contributed by atoms with Crippen molar-refractivity contribution < 1.29 is 33.4 Å². The monoisotopic (exact) mass is 639 g/mol. The molecule has 1 saturated heterocycles. The van der Waals surface area contributed by atoms with Crippen molar-refractivity contribution in [1.29, 1.82) is 5.26 Å². The van der Waals surface area contributed by atoms with Crippen molar-refractivity contribution in [3.05, 3.63) is 91.8 Å². The van der Waals surface area contributed by atoms with Crippen LogP contribution in [0, 0.1) is 11.3 Å². The fourth-order valence-electron chi connectivity index (χ4n) is 3.97. The summed E-state index contributed by atoms with van der Waals surface area (Å²) in [4.78, 5) is 51.3. The van der Waals surface area contributed by atoms with Crippen LogP contribution in [0.5, 0.6) is 11.5 Å². The highest BCUT2D eigenvalue weighted by atomic mass is 35.5. The van der Waals surface area contributed by atoms with Crippen LogP contribution in [-0.4, -0.2) is 48.2 Å². The molecule has 0 bridgehead atoms. The number of benzene rings is 3. The highest BCUT2D eigenvalue weighted by molar-refractivity contribution is 8.18. The third-order valence-electron chi connectivity index (χ3n) is 5.98. The third kappa shape index (κ3) is 7.48. The Kier molecular flexibility index (Phi) is 10.3. The van der Waals surface area contributed by atoms with Crippen molar-refractivity contribution in [3.63, 3.8) is 0 Å². The molecular weight excluding hydrogens is 617 g/mol. The van der Waals surface area contributed by atoms with Crippen LogP contribution in [0.3, 0.4) is 0 Å². The van der Waals surface area contributed by atoms with Crippen molar-refractivity contribution in [2.45, 2.75) is 13.5 Å². The Morgan fingerprint density at radius 1 is 1.09 bits per heavy atom. The van der Waals surface area contributed by atoms with Gasteiger partial charge < -0.3 is 19.5 Å². The molecule has 3 aromatic rings. The zero-order valence-electron chi connectivity index (χ0n) is 22.8. The van der Waals surface area contributed by atoms with Gasteiger partial charge in [-0.15, -0.1) is 0 Å². The number of nitriles is 1. The lowest BCUT2D eigenvalue weighted by Crippen LogP contribution is -2.36. The van der Waals surface area contributed by atoms with E-state index in [-0.39, 0.29) is 50.9 Å². The number of imide groups is 1. The van der Waals surface area contributed by atoms with E-state index in [0.29, 0.717) is 28.5 Å². The van der Waals surface area contributed by atoms with E-state index in [1.807, 2.05) is 0 Å². The second-order valence-electron chi connectivity index (χ2n) is 8.82. The number of methoxy groups -OCH3 is 1. The summed E-state index contributed by atoms with van der Waals surface area (Å²) in [6.07, 6.45) is 1.46. The van der Waals surface area contributed by atoms with Crippen LogP contribution in [0.4, 0.5) is 10.5 Å². The van der Waals surface area contributed by atoms with Crippen molar-refractivity contribution in [2.75, 3.05) is 25.6 Å². The molecular formula is C30H23Cl2N3O7S. The van der Waals surface area contributed by atoms with Crippen LogP contribution in [0.15, 0.2) is 59.5 Å². The average Bonchev–Trinajstić information content (AvgIpc) is 3.24. The number of nitrogens with one attached hydrogen (secondary N) is 1. The molecule has 0 atom stereocenters. The fourth-order valence-corrected chi connectivity index (χ4v) is 5.28.